The highest BCUT2D eigenvalue weighted by Crippen LogP contribution is 2.17. The van der Waals surface area contributed by atoms with E-state index >= 15 is 0 Å². The molecule has 2 aromatic rings. The summed E-state index contributed by atoms with van der Waals surface area (Å²) in [5.41, 5.74) is 2.72. The molecule has 0 bridgehead atoms. The van der Waals surface area contributed by atoms with Crippen molar-refractivity contribution < 1.29 is 4.79 Å². The molecule has 1 aliphatic rings. The van der Waals surface area contributed by atoms with Crippen molar-refractivity contribution in [2.75, 3.05) is 13.1 Å². The molecular formula is C20H20N2O. The van der Waals surface area contributed by atoms with E-state index in [1.165, 1.54) is 19.3 Å². The summed E-state index contributed by atoms with van der Waals surface area (Å²) < 4.78 is 0. The third kappa shape index (κ3) is 3.67. The molecule has 0 spiro atoms. The van der Waals surface area contributed by atoms with Crippen molar-refractivity contribution in [1.29, 1.82) is 5.26 Å². The first kappa shape index (κ1) is 15.5. The molecule has 1 aliphatic heterocycles. The summed E-state index contributed by atoms with van der Waals surface area (Å²) in [5, 5.41) is 9.18. The van der Waals surface area contributed by atoms with E-state index in [1.54, 1.807) is 24.3 Å². The number of carbonyl (C=O) groups is 1. The molecular weight excluding hydrogens is 284 g/mol. The summed E-state index contributed by atoms with van der Waals surface area (Å²) in [6.07, 6.45) is 3.84. The first-order valence-corrected chi connectivity index (χ1v) is 8.13. The van der Waals surface area contributed by atoms with Crippen LogP contribution >= 0.6 is 0 Å². The number of hydrogen-bond donors (Lipinski definition) is 0. The van der Waals surface area contributed by atoms with Crippen LogP contribution in [-0.4, -0.2) is 23.8 Å². The maximum Gasteiger partial charge on any atom is 0.194 e. The second-order valence-electron chi connectivity index (χ2n) is 6.02. The fraction of sp³-hybridized carbons (Fsp3) is 0.300. The molecule has 1 fully saturated rings. The monoisotopic (exact) mass is 304 g/mol. The lowest BCUT2D eigenvalue weighted by Crippen LogP contribution is -2.29. The molecule has 116 valence electrons. The molecule has 0 N–H and O–H groups in total. The minimum absolute atomic E-state index is 0.0809. The van der Waals surface area contributed by atoms with Gasteiger partial charge in [0.1, 0.15) is 0 Å². The van der Waals surface area contributed by atoms with Crippen molar-refractivity contribution in [3.8, 4) is 6.07 Å². The normalized spacial score (nSPS) is 15.1. The van der Waals surface area contributed by atoms with Crippen LogP contribution in [0.15, 0.2) is 48.5 Å². The lowest BCUT2D eigenvalue weighted by atomic mass is 9.97. The number of likely N-dealkylation sites (tertiary alicyclic amines) is 1. The van der Waals surface area contributed by atoms with E-state index in [9.17, 15) is 10.1 Å². The molecule has 3 rings (SSSR count). The highest BCUT2D eigenvalue weighted by molar-refractivity contribution is 6.10. The molecule has 1 saturated heterocycles. The van der Waals surface area contributed by atoms with E-state index in [1.807, 2.05) is 18.2 Å². The molecule has 0 radical (unpaired) electrons. The van der Waals surface area contributed by atoms with Gasteiger partial charge < -0.3 is 0 Å². The maximum absolute atomic E-state index is 12.7. The first-order chi connectivity index (χ1) is 11.3. The SMILES string of the molecule is N#Cc1ccccc1C(=O)c1cccc(CN2CCCCC2)c1. The van der Waals surface area contributed by atoms with Crippen molar-refractivity contribution in [3.05, 3.63) is 70.8 Å². The van der Waals surface area contributed by atoms with Crippen molar-refractivity contribution in [3.63, 3.8) is 0 Å². The fourth-order valence-electron chi connectivity index (χ4n) is 3.12. The summed E-state index contributed by atoms with van der Waals surface area (Å²) in [6.45, 7) is 3.16. The van der Waals surface area contributed by atoms with Gasteiger partial charge in [0.2, 0.25) is 0 Å². The van der Waals surface area contributed by atoms with E-state index in [0.717, 1.165) is 25.2 Å². The Bertz CT molecular complexity index is 739. The van der Waals surface area contributed by atoms with Crippen LogP contribution in [0.25, 0.3) is 0 Å². The zero-order chi connectivity index (χ0) is 16.1. The van der Waals surface area contributed by atoms with Crippen LogP contribution in [0.3, 0.4) is 0 Å². The van der Waals surface area contributed by atoms with Crippen molar-refractivity contribution in [2.24, 2.45) is 0 Å². The van der Waals surface area contributed by atoms with E-state index < -0.39 is 0 Å². The van der Waals surface area contributed by atoms with Crippen LogP contribution in [0.4, 0.5) is 0 Å². The average molecular weight is 304 g/mol. The zero-order valence-corrected chi connectivity index (χ0v) is 13.2. The van der Waals surface area contributed by atoms with Crippen molar-refractivity contribution in [1.82, 2.24) is 4.90 Å². The minimum Gasteiger partial charge on any atom is -0.299 e. The molecule has 3 heteroatoms. The van der Waals surface area contributed by atoms with Gasteiger partial charge in [-0.3, -0.25) is 9.69 Å². The predicted octanol–water partition coefficient (Wildman–Crippen LogP) is 3.78. The van der Waals surface area contributed by atoms with Crippen LogP contribution in [0.2, 0.25) is 0 Å². The van der Waals surface area contributed by atoms with Gasteiger partial charge in [0.05, 0.1) is 11.6 Å². The van der Waals surface area contributed by atoms with Crippen LogP contribution in [0.1, 0.15) is 46.3 Å². The second-order valence-corrected chi connectivity index (χ2v) is 6.02. The summed E-state index contributed by atoms with van der Waals surface area (Å²) in [6, 6.07) is 16.9. The number of nitrogens with zero attached hydrogens (tertiary/aromatic N) is 2. The molecule has 0 atom stereocenters. The van der Waals surface area contributed by atoms with Crippen LogP contribution < -0.4 is 0 Å². The Hall–Kier alpha value is -2.44. The largest absolute Gasteiger partial charge is 0.299 e. The molecule has 1 heterocycles. The van der Waals surface area contributed by atoms with Gasteiger partial charge in [0.25, 0.3) is 0 Å². The second kappa shape index (κ2) is 7.21. The number of hydrogen-bond acceptors (Lipinski definition) is 3. The third-order valence-corrected chi connectivity index (χ3v) is 4.34. The Labute approximate surface area is 137 Å². The Morgan fingerprint density at radius 2 is 1.83 bits per heavy atom. The minimum atomic E-state index is -0.0809. The van der Waals surface area contributed by atoms with Crippen molar-refractivity contribution in [2.45, 2.75) is 25.8 Å². The van der Waals surface area contributed by atoms with Crippen LogP contribution in [-0.2, 0) is 6.54 Å². The number of rotatable bonds is 4. The number of nitriles is 1. The smallest absolute Gasteiger partial charge is 0.194 e. The molecule has 2 aromatic carbocycles. The van der Waals surface area contributed by atoms with Gasteiger partial charge in [0, 0.05) is 17.7 Å². The predicted molar refractivity (Wildman–Crippen MR) is 90.2 cm³/mol. The van der Waals surface area contributed by atoms with Gasteiger partial charge >= 0.3 is 0 Å². The standard InChI is InChI=1S/C20H20N2O/c21-14-18-8-2-3-10-19(18)20(23)17-9-6-7-16(13-17)15-22-11-4-1-5-12-22/h2-3,6-10,13H,1,4-5,11-12,15H2. The summed E-state index contributed by atoms with van der Waals surface area (Å²) in [4.78, 5) is 15.1. The topological polar surface area (TPSA) is 44.1 Å². The highest BCUT2D eigenvalue weighted by Gasteiger charge is 2.15. The molecule has 0 aliphatic carbocycles. The summed E-state index contributed by atoms with van der Waals surface area (Å²) in [7, 11) is 0. The fourth-order valence-corrected chi connectivity index (χ4v) is 3.12. The Balaban J connectivity index is 1.81. The van der Waals surface area contributed by atoms with Crippen LogP contribution in [0, 0.1) is 11.3 Å². The zero-order valence-electron chi connectivity index (χ0n) is 13.2. The highest BCUT2D eigenvalue weighted by atomic mass is 16.1. The average Bonchev–Trinajstić information content (AvgIpc) is 2.62. The Kier molecular flexibility index (Phi) is 4.85. The molecule has 0 unspecified atom stereocenters. The number of ketones is 1. The Morgan fingerprint density at radius 1 is 1.04 bits per heavy atom. The quantitative estimate of drug-likeness (QED) is 0.808. The van der Waals surface area contributed by atoms with E-state index in [2.05, 4.69) is 17.0 Å². The number of piperidine rings is 1. The number of benzene rings is 2. The third-order valence-electron chi connectivity index (χ3n) is 4.34. The Morgan fingerprint density at radius 3 is 2.61 bits per heavy atom. The van der Waals surface area contributed by atoms with E-state index in [-0.39, 0.29) is 5.78 Å². The van der Waals surface area contributed by atoms with Gasteiger partial charge in [-0.15, -0.1) is 0 Å². The number of carbonyl (C=O) groups excluding carboxylic acids is 1. The van der Waals surface area contributed by atoms with Gasteiger partial charge in [-0.05, 0) is 49.7 Å². The van der Waals surface area contributed by atoms with Gasteiger partial charge in [0.15, 0.2) is 5.78 Å². The molecule has 23 heavy (non-hydrogen) atoms. The van der Waals surface area contributed by atoms with E-state index in [0.29, 0.717) is 16.7 Å². The van der Waals surface area contributed by atoms with Crippen LogP contribution in [0.5, 0.6) is 0 Å². The van der Waals surface area contributed by atoms with E-state index in [4.69, 9.17) is 0 Å². The van der Waals surface area contributed by atoms with Gasteiger partial charge in [-0.2, -0.15) is 5.26 Å². The maximum atomic E-state index is 12.7. The molecule has 0 amide bonds. The lowest BCUT2D eigenvalue weighted by Gasteiger charge is -2.26. The molecule has 0 saturated carbocycles. The molecule has 3 nitrogen and oxygen atoms in total. The van der Waals surface area contributed by atoms with Crippen molar-refractivity contribution >= 4 is 5.78 Å². The molecule has 0 aromatic heterocycles. The summed E-state index contributed by atoms with van der Waals surface area (Å²) >= 11 is 0. The lowest BCUT2D eigenvalue weighted by molar-refractivity contribution is 0.103. The van der Waals surface area contributed by atoms with Gasteiger partial charge in [-0.25, -0.2) is 0 Å². The summed E-state index contributed by atoms with van der Waals surface area (Å²) in [5.74, 6) is -0.0809. The van der Waals surface area contributed by atoms with Gasteiger partial charge in [-0.1, -0.05) is 36.8 Å². The first-order valence-electron chi connectivity index (χ1n) is 8.13.